The molecule has 4 amide bonds. The zero-order valence-corrected chi connectivity index (χ0v) is 27.9. The second-order valence-corrected chi connectivity index (χ2v) is 11.9. The number of nitrogens with two attached hydrogens (primary N) is 4. The minimum Gasteiger partial charge on any atom is -0.508 e. The topological polar surface area (TPSA) is 328 Å². The average molecular weight is 694 g/mol. The molecule has 5 unspecified atom stereocenters. The number of benzene rings is 1. The van der Waals surface area contributed by atoms with E-state index in [0.717, 1.165) is 0 Å². The minimum absolute atomic E-state index is 0.0179. The van der Waals surface area contributed by atoms with Gasteiger partial charge in [0, 0.05) is 19.4 Å². The van der Waals surface area contributed by atoms with Crippen LogP contribution < -0.4 is 44.2 Å². The van der Waals surface area contributed by atoms with E-state index in [0.29, 0.717) is 31.4 Å². The first kappa shape index (κ1) is 42.1. The van der Waals surface area contributed by atoms with Gasteiger partial charge < -0.3 is 59.5 Å². The van der Waals surface area contributed by atoms with Crippen LogP contribution in [0.25, 0.3) is 0 Å². The number of phenolic OH excluding ortho intramolecular Hbond substituents is 1. The molecular formula is C31H51N9O9. The van der Waals surface area contributed by atoms with Crippen LogP contribution in [0.15, 0.2) is 29.3 Å². The Hall–Kier alpha value is -4.97. The van der Waals surface area contributed by atoms with Crippen LogP contribution >= 0.6 is 0 Å². The number of nitrogens with one attached hydrogen (secondary N) is 4. The van der Waals surface area contributed by atoms with Gasteiger partial charge in [0.05, 0.1) is 6.04 Å². The van der Waals surface area contributed by atoms with Crippen molar-refractivity contribution in [1.82, 2.24) is 21.3 Å². The van der Waals surface area contributed by atoms with Crippen molar-refractivity contribution in [3.05, 3.63) is 29.8 Å². The molecule has 1 aromatic rings. The standard InChI is InChI=1S/C31H51N9O9/c1-17(2)25(29(47)39-23(30(48)49)16-18-8-10-19(41)11-9-18)40-28(46)22(12-13-24(42)43)38-27(45)21(7-3-4-14-32)37-26(44)20(33)6-5-15-36-31(34)35/h8-11,17,20-23,25,41H,3-7,12-16,32-33H2,1-2H3,(H,37,44)(H,38,45)(H,39,47)(H,40,46)(H,42,43)(H,48,49)(H4,34,35,36). The van der Waals surface area contributed by atoms with Crippen molar-refractivity contribution in [3.8, 4) is 5.75 Å². The van der Waals surface area contributed by atoms with Gasteiger partial charge in [0.15, 0.2) is 5.96 Å². The van der Waals surface area contributed by atoms with Crippen LogP contribution in [0.4, 0.5) is 0 Å². The number of aromatic hydroxyl groups is 1. The van der Waals surface area contributed by atoms with E-state index in [4.69, 9.17) is 22.9 Å². The van der Waals surface area contributed by atoms with Gasteiger partial charge in [-0.1, -0.05) is 26.0 Å². The monoisotopic (exact) mass is 693 g/mol. The van der Waals surface area contributed by atoms with E-state index in [1.165, 1.54) is 24.3 Å². The van der Waals surface area contributed by atoms with Gasteiger partial charge in [-0.2, -0.15) is 0 Å². The molecule has 1 aromatic carbocycles. The van der Waals surface area contributed by atoms with E-state index in [1.54, 1.807) is 13.8 Å². The van der Waals surface area contributed by atoms with Gasteiger partial charge in [-0.05, 0) is 68.7 Å². The van der Waals surface area contributed by atoms with Crippen molar-refractivity contribution in [3.63, 3.8) is 0 Å². The molecule has 0 aliphatic carbocycles. The van der Waals surface area contributed by atoms with Crippen molar-refractivity contribution in [2.24, 2.45) is 33.8 Å². The van der Waals surface area contributed by atoms with Gasteiger partial charge in [0.1, 0.15) is 29.9 Å². The van der Waals surface area contributed by atoms with Gasteiger partial charge >= 0.3 is 11.9 Å². The third-order valence-electron chi connectivity index (χ3n) is 7.40. The summed E-state index contributed by atoms with van der Waals surface area (Å²) in [6, 6.07) is -0.484. The van der Waals surface area contributed by atoms with Gasteiger partial charge in [-0.15, -0.1) is 0 Å². The molecule has 18 heteroatoms. The summed E-state index contributed by atoms with van der Waals surface area (Å²) in [6.45, 7) is 3.78. The van der Waals surface area contributed by atoms with E-state index >= 15 is 0 Å². The molecular weight excluding hydrogens is 642 g/mol. The number of guanidine groups is 1. The normalized spacial score (nSPS) is 14.0. The highest BCUT2D eigenvalue weighted by Gasteiger charge is 2.33. The number of hydrogen-bond donors (Lipinski definition) is 11. The maximum atomic E-state index is 13.5. The van der Waals surface area contributed by atoms with Crippen LogP contribution in [0, 0.1) is 5.92 Å². The van der Waals surface area contributed by atoms with Crippen LogP contribution in [0.5, 0.6) is 5.75 Å². The molecule has 15 N–H and O–H groups in total. The number of carbonyl (C=O) groups is 6. The highest BCUT2D eigenvalue weighted by atomic mass is 16.4. The van der Waals surface area contributed by atoms with Crippen molar-refractivity contribution < 1.29 is 44.1 Å². The first-order chi connectivity index (χ1) is 23.0. The summed E-state index contributed by atoms with van der Waals surface area (Å²) in [4.78, 5) is 80.2. The predicted octanol–water partition coefficient (Wildman–Crippen LogP) is -2.01. The van der Waals surface area contributed by atoms with E-state index in [2.05, 4.69) is 26.3 Å². The van der Waals surface area contributed by atoms with Gasteiger partial charge in [-0.3, -0.25) is 29.0 Å². The molecule has 5 atom stereocenters. The Morgan fingerprint density at radius 1 is 0.755 bits per heavy atom. The Balaban J connectivity index is 3.11. The number of hydrogen-bond acceptors (Lipinski definition) is 10. The van der Waals surface area contributed by atoms with Crippen LogP contribution in [0.1, 0.15) is 64.4 Å². The molecule has 0 aliphatic rings. The lowest BCUT2D eigenvalue weighted by Crippen LogP contribution is -2.59. The molecule has 0 saturated heterocycles. The summed E-state index contributed by atoms with van der Waals surface area (Å²) >= 11 is 0. The number of carboxylic acid groups (broad SMARTS) is 2. The fraction of sp³-hybridized carbons (Fsp3) is 0.581. The Morgan fingerprint density at radius 3 is 1.88 bits per heavy atom. The van der Waals surface area contributed by atoms with Crippen molar-refractivity contribution in [1.29, 1.82) is 0 Å². The Bertz CT molecular complexity index is 1290. The summed E-state index contributed by atoms with van der Waals surface area (Å²) < 4.78 is 0. The van der Waals surface area contributed by atoms with E-state index in [-0.39, 0.29) is 43.9 Å². The third kappa shape index (κ3) is 16.6. The summed E-state index contributed by atoms with van der Waals surface area (Å²) in [6.07, 6.45) is 0.711. The van der Waals surface area contributed by atoms with Crippen LogP contribution in [0.2, 0.25) is 0 Å². The molecule has 0 fully saturated rings. The number of aliphatic imine (C=N–C) groups is 1. The lowest BCUT2D eigenvalue weighted by atomic mass is 10.00. The Kier molecular flexibility index (Phi) is 18.7. The van der Waals surface area contributed by atoms with E-state index < -0.39 is 78.1 Å². The average Bonchev–Trinajstić information content (AvgIpc) is 3.03. The SMILES string of the molecule is CC(C)C(NC(=O)C(CCC(=O)O)NC(=O)C(CCCCN)NC(=O)C(N)CCCN=C(N)N)C(=O)NC(Cc1ccc(O)cc1)C(=O)O. The molecule has 0 heterocycles. The smallest absolute Gasteiger partial charge is 0.326 e. The van der Waals surface area contributed by atoms with Gasteiger partial charge in [0.2, 0.25) is 23.6 Å². The van der Waals surface area contributed by atoms with E-state index in [9.17, 15) is 44.1 Å². The molecule has 0 spiro atoms. The largest absolute Gasteiger partial charge is 0.508 e. The predicted molar refractivity (Wildman–Crippen MR) is 180 cm³/mol. The zero-order valence-electron chi connectivity index (χ0n) is 27.9. The lowest BCUT2D eigenvalue weighted by molar-refractivity contribution is -0.142. The zero-order chi connectivity index (χ0) is 37.1. The molecule has 274 valence electrons. The number of carboxylic acids is 2. The number of amides is 4. The Morgan fingerprint density at radius 2 is 1.33 bits per heavy atom. The summed E-state index contributed by atoms with van der Waals surface area (Å²) in [7, 11) is 0. The maximum absolute atomic E-state index is 13.5. The molecule has 18 nitrogen and oxygen atoms in total. The number of carbonyl (C=O) groups excluding carboxylic acids is 4. The van der Waals surface area contributed by atoms with Gasteiger partial charge in [-0.25, -0.2) is 4.79 Å². The summed E-state index contributed by atoms with van der Waals surface area (Å²) in [5, 5.41) is 38.5. The molecule has 49 heavy (non-hydrogen) atoms. The lowest BCUT2D eigenvalue weighted by Gasteiger charge is -2.28. The number of rotatable bonds is 23. The second-order valence-electron chi connectivity index (χ2n) is 11.9. The first-order valence-electron chi connectivity index (χ1n) is 16.0. The van der Waals surface area contributed by atoms with Crippen LogP contribution in [-0.2, 0) is 35.2 Å². The van der Waals surface area contributed by atoms with Crippen LogP contribution in [-0.4, -0.2) is 100 Å². The molecule has 0 saturated carbocycles. The number of nitrogens with zero attached hydrogens (tertiary/aromatic N) is 1. The number of aliphatic carboxylic acids is 2. The minimum atomic E-state index is -1.44. The quantitative estimate of drug-likeness (QED) is 0.0336. The molecule has 0 aromatic heterocycles. The van der Waals surface area contributed by atoms with Crippen molar-refractivity contribution >= 4 is 41.5 Å². The highest BCUT2D eigenvalue weighted by Crippen LogP contribution is 2.13. The maximum Gasteiger partial charge on any atom is 0.326 e. The molecule has 0 radical (unpaired) electrons. The fourth-order valence-corrected chi connectivity index (χ4v) is 4.62. The molecule has 1 rings (SSSR count). The summed E-state index contributed by atoms with van der Waals surface area (Å²) in [5.41, 5.74) is 22.7. The summed E-state index contributed by atoms with van der Waals surface area (Å²) in [5.74, 6) is -6.39. The van der Waals surface area contributed by atoms with Crippen LogP contribution in [0.3, 0.4) is 0 Å². The first-order valence-corrected chi connectivity index (χ1v) is 16.0. The second kappa shape index (κ2) is 21.8. The fourth-order valence-electron chi connectivity index (χ4n) is 4.62. The number of phenols is 1. The third-order valence-corrected chi connectivity index (χ3v) is 7.40. The van der Waals surface area contributed by atoms with Crippen molar-refractivity contribution in [2.75, 3.05) is 13.1 Å². The highest BCUT2D eigenvalue weighted by molar-refractivity contribution is 5.95. The molecule has 0 aliphatic heterocycles. The van der Waals surface area contributed by atoms with E-state index in [1.807, 2.05) is 0 Å². The van der Waals surface area contributed by atoms with Gasteiger partial charge in [0.25, 0.3) is 0 Å². The molecule has 0 bridgehead atoms. The number of unbranched alkanes of at least 4 members (excludes halogenated alkanes) is 1. The Labute approximate surface area is 284 Å². The van der Waals surface area contributed by atoms with Crippen molar-refractivity contribution in [2.45, 2.75) is 95.4 Å².